The lowest BCUT2D eigenvalue weighted by atomic mass is 10.1. The van der Waals surface area contributed by atoms with Crippen molar-refractivity contribution >= 4 is 11.7 Å². The van der Waals surface area contributed by atoms with E-state index in [9.17, 15) is 4.79 Å². The molecular formula is C17H27NO4. The van der Waals surface area contributed by atoms with Gasteiger partial charge in [-0.05, 0) is 32.4 Å². The highest BCUT2D eigenvalue weighted by atomic mass is 16.5. The third-order valence-corrected chi connectivity index (χ3v) is 3.30. The molecule has 1 atom stereocenters. The molecule has 0 saturated carbocycles. The van der Waals surface area contributed by atoms with Crippen LogP contribution in [0.2, 0.25) is 0 Å². The minimum absolute atomic E-state index is 0.423. The molecule has 0 spiro atoms. The summed E-state index contributed by atoms with van der Waals surface area (Å²) >= 11 is 0. The van der Waals surface area contributed by atoms with Crippen molar-refractivity contribution < 1.29 is 19.4 Å². The highest BCUT2D eigenvalue weighted by Gasteiger charge is 2.17. The van der Waals surface area contributed by atoms with Crippen LogP contribution < -0.4 is 14.4 Å². The van der Waals surface area contributed by atoms with Crippen LogP contribution in [0, 0.1) is 5.92 Å². The Hall–Kier alpha value is -1.91. The number of rotatable bonds is 10. The molecule has 0 aliphatic rings. The summed E-state index contributed by atoms with van der Waals surface area (Å²) in [5.74, 6) is 0.215. The number of hydrogen-bond acceptors (Lipinski definition) is 4. The van der Waals surface area contributed by atoms with Crippen molar-refractivity contribution in [3.05, 3.63) is 18.2 Å². The van der Waals surface area contributed by atoms with Gasteiger partial charge in [0.2, 0.25) is 0 Å². The zero-order valence-electron chi connectivity index (χ0n) is 14.0. The van der Waals surface area contributed by atoms with Gasteiger partial charge in [0.05, 0.1) is 19.1 Å². The van der Waals surface area contributed by atoms with Gasteiger partial charge in [0.25, 0.3) is 0 Å². The number of nitrogens with zero attached hydrogens (tertiary/aromatic N) is 1. The summed E-state index contributed by atoms with van der Waals surface area (Å²) in [6, 6.07) is 5.77. The molecule has 0 radical (unpaired) electrons. The van der Waals surface area contributed by atoms with Gasteiger partial charge in [-0.3, -0.25) is 4.79 Å². The first kappa shape index (κ1) is 18.1. The zero-order chi connectivity index (χ0) is 16.5. The number of carboxylic acids is 1. The van der Waals surface area contributed by atoms with E-state index in [0.29, 0.717) is 25.5 Å². The lowest BCUT2D eigenvalue weighted by molar-refractivity contribution is -0.140. The average Bonchev–Trinajstić information content (AvgIpc) is 2.49. The summed E-state index contributed by atoms with van der Waals surface area (Å²) in [6.07, 6.45) is 0.948. The second-order valence-electron chi connectivity index (χ2n) is 5.18. The molecule has 1 N–H and O–H groups in total. The lowest BCUT2D eigenvalue weighted by Gasteiger charge is -2.27. The number of hydrogen-bond donors (Lipinski definition) is 1. The molecule has 1 rings (SSSR count). The lowest BCUT2D eigenvalue weighted by Crippen LogP contribution is -2.32. The molecule has 0 aromatic heterocycles. The van der Waals surface area contributed by atoms with Crippen LogP contribution in [-0.4, -0.2) is 37.4 Å². The molecule has 5 nitrogen and oxygen atoms in total. The van der Waals surface area contributed by atoms with E-state index in [-0.39, 0.29) is 0 Å². The molecule has 1 aromatic rings. The summed E-state index contributed by atoms with van der Waals surface area (Å²) in [5.41, 5.74) is 0.960. The Balaban J connectivity index is 3.02. The van der Waals surface area contributed by atoms with Crippen LogP contribution in [0.15, 0.2) is 18.2 Å². The van der Waals surface area contributed by atoms with Gasteiger partial charge in [0.15, 0.2) is 11.5 Å². The van der Waals surface area contributed by atoms with E-state index in [1.165, 1.54) is 0 Å². The minimum Gasteiger partial charge on any atom is -0.490 e. The quantitative estimate of drug-likeness (QED) is 0.717. The Morgan fingerprint density at radius 3 is 2.36 bits per heavy atom. The molecule has 5 heteroatoms. The second-order valence-corrected chi connectivity index (χ2v) is 5.18. The predicted molar refractivity (Wildman–Crippen MR) is 88.1 cm³/mol. The zero-order valence-corrected chi connectivity index (χ0v) is 14.0. The first-order chi connectivity index (χ1) is 10.5. The van der Waals surface area contributed by atoms with Gasteiger partial charge in [0.1, 0.15) is 0 Å². The van der Waals surface area contributed by atoms with Crippen LogP contribution in [0.1, 0.15) is 34.1 Å². The predicted octanol–water partition coefficient (Wildman–Crippen LogP) is 3.42. The first-order valence-electron chi connectivity index (χ1n) is 7.90. The first-order valence-corrected chi connectivity index (χ1v) is 7.90. The number of aliphatic carboxylic acids is 1. The Morgan fingerprint density at radius 2 is 1.82 bits per heavy atom. The summed E-state index contributed by atoms with van der Waals surface area (Å²) in [5, 5.41) is 9.13. The molecule has 1 unspecified atom stereocenters. The number of benzene rings is 1. The van der Waals surface area contributed by atoms with E-state index in [4.69, 9.17) is 14.6 Å². The third-order valence-electron chi connectivity index (χ3n) is 3.30. The van der Waals surface area contributed by atoms with Gasteiger partial charge >= 0.3 is 5.97 Å². The van der Waals surface area contributed by atoms with Crippen molar-refractivity contribution in [2.24, 2.45) is 5.92 Å². The van der Waals surface area contributed by atoms with Gasteiger partial charge in [-0.25, -0.2) is 0 Å². The van der Waals surface area contributed by atoms with Crippen LogP contribution in [0.5, 0.6) is 11.5 Å². The summed E-state index contributed by atoms with van der Waals surface area (Å²) in [6.45, 7) is 10.1. The van der Waals surface area contributed by atoms with Crippen LogP contribution in [0.4, 0.5) is 5.69 Å². The molecule has 0 aliphatic heterocycles. The van der Waals surface area contributed by atoms with Gasteiger partial charge in [-0.1, -0.05) is 13.8 Å². The minimum atomic E-state index is -0.780. The van der Waals surface area contributed by atoms with E-state index in [2.05, 4.69) is 11.8 Å². The van der Waals surface area contributed by atoms with Crippen molar-refractivity contribution in [1.82, 2.24) is 0 Å². The molecule has 124 valence electrons. The summed E-state index contributed by atoms with van der Waals surface area (Å²) in [7, 11) is 0. The van der Waals surface area contributed by atoms with Crippen molar-refractivity contribution in [3.8, 4) is 11.5 Å². The number of anilines is 1. The topological polar surface area (TPSA) is 59.0 Å². The highest BCUT2D eigenvalue weighted by molar-refractivity contribution is 5.70. The van der Waals surface area contributed by atoms with E-state index in [1.54, 1.807) is 6.92 Å². The SMILES string of the molecule is CCCN(CC(C)C(=O)O)c1ccc(OCC)c(OCC)c1. The maximum absolute atomic E-state index is 11.1. The number of carboxylic acid groups (broad SMARTS) is 1. The van der Waals surface area contributed by atoms with Gasteiger partial charge in [-0.15, -0.1) is 0 Å². The Kier molecular flexibility index (Phi) is 7.57. The molecule has 0 bridgehead atoms. The molecule has 22 heavy (non-hydrogen) atoms. The van der Waals surface area contributed by atoms with E-state index >= 15 is 0 Å². The molecule has 0 aliphatic carbocycles. The van der Waals surface area contributed by atoms with E-state index in [1.807, 2.05) is 32.0 Å². The van der Waals surface area contributed by atoms with Gasteiger partial charge in [0, 0.05) is 24.8 Å². The molecular weight excluding hydrogens is 282 g/mol. The van der Waals surface area contributed by atoms with Crippen molar-refractivity contribution in [2.45, 2.75) is 34.1 Å². The fourth-order valence-electron chi connectivity index (χ4n) is 2.24. The fraction of sp³-hybridized carbons (Fsp3) is 0.588. The van der Waals surface area contributed by atoms with E-state index < -0.39 is 11.9 Å². The average molecular weight is 309 g/mol. The molecule has 0 fully saturated rings. The monoisotopic (exact) mass is 309 g/mol. The Morgan fingerprint density at radius 1 is 1.18 bits per heavy atom. The third kappa shape index (κ3) is 5.13. The maximum Gasteiger partial charge on any atom is 0.308 e. The van der Waals surface area contributed by atoms with Gasteiger partial charge in [-0.2, -0.15) is 0 Å². The Labute approximate surface area is 132 Å². The number of ether oxygens (including phenoxy) is 2. The molecule has 0 heterocycles. The number of carbonyl (C=O) groups is 1. The summed E-state index contributed by atoms with van der Waals surface area (Å²) < 4.78 is 11.2. The standard InChI is InChI=1S/C17H27NO4/c1-5-10-18(12-13(4)17(19)20)14-8-9-15(21-6-2)16(11-14)22-7-3/h8-9,11,13H,5-7,10,12H2,1-4H3,(H,19,20). The largest absolute Gasteiger partial charge is 0.490 e. The van der Waals surface area contributed by atoms with E-state index in [0.717, 1.165) is 24.4 Å². The van der Waals surface area contributed by atoms with Crippen molar-refractivity contribution in [1.29, 1.82) is 0 Å². The van der Waals surface area contributed by atoms with Gasteiger partial charge < -0.3 is 19.5 Å². The molecule has 0 amide bonds. The van der Waals surface area contributed by atoms with Crippen molar-refractivity contribution in [3.63, 3.8) is 0 Å². The van der Waals surface area contributed by atoms with Crippen LogP contribution >= 0.6 is 0 Å². The highest BCUT2D eigenvalue weighted by Crippen LogP contribution is 2.32. The normalized spacial score (nSPS) is 11.8. The van der Waals surface area contributed by atoms with Crippen LogP contribution in [0.25, 0.3) is 0 Å². The summed E-state index contributed by atoms with van der Waals surface area (Å²) in [4.78, 5) is 13.2. The second kappa shape index (κ2) is 9.18. The Bertz CT molecular complexity index is 476. The fourth-order valence-corrected chi connectivity index (χ4v) is 2.24. The maximum atomic E-state index is 11.1. The van der Waals surface area contributed by atoms with Crippen LogP contribution in [-0.2, 0) is 4.79 Å². The molecule has 1 aromatic carbocycles. The molecule has 0 saturated heterocycles. The smallest absolute Gasteiger partial charge is 0.308 e. The van der Waals surface area contributed by atoms with Crippen LogP contribution in [0.3, 0.4) is 0 Å². The van der Waals surface area contributed by atoms with Crippen molar-refractivity contribution in [2.75, 3.05) is 31.2 Å².